The molecule has 3 rings (SSSR count). The molecule has 0 spiro atoms. The highest BCUT2D eigenvalue weighted by atomic mass is 16.2. The lowest BCUT2D eigenvalue weighted by molar-refractivity contribution is -0.130. The van der Waals surface area contributed by atoms with Gasteiger partial charge in [0, 0.05) is 56.2 Å². The minimum absolute atomic E-state index is 0.164. The molecule has 120 valence electrons. The summed E-state index contributed by atoms with van der Waals surface area (Å²) in [6, 6.07) is 7.75. The van der Waals surface area contributed by atoms with E-state index in [2.05, 4.69) is 27.9 Å². The van der Waals surface area contributed by atoms with Crippen molar-refractivity contribution in [1.82, 2.24) is 14.9 Å². The second kappa shape index (κ2) is 7.22. The topological polar surface area (TPSA) is 49.3 Å². The van der Waals surface area contributed by atoms with Crippen molar-refractivity contribution in [1.29, 1.82) is 0 Å². The summed E-state index contributed by atoms with van der Waals surface area (Å²) in [7, 11) is 0. The van der Waals surface area contributed by atoms with Gasteiger partial charge in [-0.15, -0.1) is 0 Å². The first kappa shape index (κ1) is 15.5. The van der Waals surface area contributed by atoms with Crippen LogP contribution in [0.1, 0.15) is 17.7 Å². The van der Waals surface area contributed by atoms with Gasteiger partial charge < -0.3 is 9.80 Å². The molecule has 1 aliphatic rings. The van der Waals surface area contributed by atoms with Gasteiger partial charge in [0.05, 0.1) is 6.42 Å². The van der Waals surface area contributed by atoms with E-state index in [9.17, 15) is 4.79 Å². The molecule has 2 aromatic rings. The summed E-state index contributed by atoms with van der Waals surface area (Å²) in [4.78, 5) is 25.2. The van der Waals surface area contributed by atoms with E-state index >= 15 is 0 Å². The van der Waals surface area contributed by atoms with Crippen molar-refractivity contribution in [2.75, 3.05) is 31.1 Å². The van der Waals surface area contributed by atoms with Crippen molar-refractivity contribution in [3.8, 4) is 0 Å². The summed E-state index contributed by atoms with van der Waals surface area (Å²) in [6.07, 6.45) is 6.82. The molecule has 1 aliphatic heterocycles. The number of nitrogens with zero attached hydrogens (tertiary/aromatic N) is 4. The van der Waals surface area contributed by atoms with Gasteiger partial charge in [0.1, 0.15) is 0 Å². The van der Waals surface area contributed by atoms with E-state index in [1.807, 2.05) is 35.5 Å². The number of hydrogen-bond acceptors (Lipinski definition) is 4. The molecule has 0 radical (unpaired) electrons. The number of aryl methyl sites for hydroxylation is 1. The van der Waals surface area contributed by atoms with Crippen LogP contribution in [-0.2, 0) is 11.2 Å². The predicted molar refractivity (Wildman–Crippen MR) is 90.3 cm³/mol. The minimum atomic E-state index is 0.164. The quantitative estimate of drug-likeness (QED) is 0.871. The monoisotopic (exact) mass is 310 g/mol. The van der Waals surface area contributed by atoms with Crippen molar-refractivity contribution >= 4 is 11.6 Å². The molecule has 0 saturated carbocycles. The van der Waals surface area contributed by atoms with Gasteiger partial charge in [-0.25, -0.2) is 0 Å². The zero-order chi connectivity index (χ0) is 16.1. The fourth-order valence-electron chi connectivity index (χ4n) is 3.00. The first-order valence-electron chi connectivity index (χ1n) is 8.07. The average molecular weight is 310 g/mol. The van der Waals surface area contributed by atoms with Crippen LogP contribution in [-0.4, -0.2) is 47.0 Å². The first-order chi connectivity index (χ1) is 11.2. The van der Waals surface area contributed by atoms with Crippen LogP contribution in [0.2, 0.25) is 0 Å². The smallest absolute Gasteiger partial charge is 0.228 e. The first-order valence-corrected chi connectivity index (χ1v) is 8.07. The molecule has 5 nitrogen and oxygen atoms in total. The molecule has 2 aromatic heterocycles. The number of rotatable bonds is 3. The Balaban J connectivity index is 1.62. The van der Waals surface area contributed by atoms with Gasteiger partial charge in [0.25, 0.3) is 0 Å². The number of carbonyl (C=O) groups is 1. The third-order valence-corrected chi connectivity index (χ3v) is 4.24. The molecule has 0 unspecified atom stereocenters. The molecular weight excluding hydrogens is 288 g/mol. The summed E-state index contributed by atoms with van der Waals surface area (Å²) in [5, 5.41) is 0. The van der Waals surface area contributed by atoms with E-state index in [1.165, 1.54) is 11.3 Å². The lowest BCUT2D eigenvalue weighted by Crippen LogP contribution is -2.36. The van der Waals surface area contributed by atoms with Crippen molar-refractivity contribution in [2.24, 2.45) is 0 Å². The molecule has 1 fully saturated rings. The van der Waals surface area contributed by atoms with E-state index in [-0.39, 0.29) is 5.91 Å². The Kier molecular flexibility index (Phi) is 4.86. The SMILES string of the molecule is Cc1cnccc1N1CCCN(C(=O)Cc2ccccn2)CC1. The maximum absolute atomic E-state index is 12.5. The van der Waals surface area contributed by atoms with Crippen LogP contribution in [0.15, 0.2) is 42.9 Å². The van der Waals surface area contributed by atoms with Crippen LogP contribution >= 0.6 is 0 Å². The third-order valence-electron chi connectivity index (χ3n) is 4.24. The molecule has 5 heteroatoms. The molecule has 0 bridgehead atoms. The van der Waals surface area contributed by atoms with Crippen molar-refractivity contribution in [3.05, 3.63) is 54.1 Å². The summed E-state index contributed by atoms with van der Waals surface area (Å²) >= 11 is 0. The fourth-order valence-corrected chi connectivity index (χ4v) is 3.00. The largest absolute Gasteiger partial charge is 0.369 e. The molecule has 0 aromatic carbocycles. The highest BCUT2D eigenvalue weighted by Crippen LogP contribution is 2.20. The number of anilines is 1. The molecule has 3 heterocycles. The molecule has 0 N–H and O–H groups in total. The van der Waals surface area contributed by atoms with Gasteiger partial charge in [0.15, 0.2) is 0 Å². The van der Waals surface area contributed by atoms with E-state index in [1.54, 1.807) is 6.20 Å². The van der Waals surface area contributed by atoms with Gasteiger partial charge in [-0.1, -0.05) is 6.07 Å². The zero-order valence-corrected chi connectivity index (χ0v) is 13.5. The Morgan fingerprint density at radius 1 is 1.13 bits per heavy atom. The van der Waals surface area contributed by atoms with Crippen molar-refractivity contribution in [3.63, 3.8) is 0 Å². The van der Waals surface area contributed by atoms with E-state index in [0.717, 1.165) is 38.3 Å². The Morgan fingerprint density at radius 2 is 2.04 bits per heavy atom. The van der Waals surface area contributed by atoms with Crippen LogP contribution in [0.3, 0.4) is 0 Å². The standard InChI is InChI=1S/C18H22N4O/c1-15-14-19-8-6-17(15)21-9-4-10-22(12-11-21)18(23)13-16-5-2-3-7-20-16/h2-3,5-8,14H,4,9-13H2,1H3. The van der Waals surface area contributed by atoms with Crippen LogP contribution in [0.25, 0.3) is 0 Å². The second-order valence-corrected chi connectivity index (χ2v) is 5.88. The van der Waals surface area contributed by atoms with Crippen molar-refractivity contribution < 1.29 is 4.79 Å². The van der Waals surface area contributed by atoms with E-state index in [4.69, 9.17) is 0 Å². The minimum Gasteiger partial charge on any atom is -0.369 e. The Bertz CT molecular complexity index is 659. The van der Waals surface area contributed by atoms with Crippen LogP contribution in [0, 0.1) is 6.92 Å². The summed E-state index contributed by atoms with van der Waals surface area (Å²) in [6.45, 7) is 5.48. The number of pyridine rings is 2. The fraction of sp³-hybridized carbons (Fsp3) is 0.389. The lowest BCUT2D eigenvalue weighted by atomic mass is 10.2. The molecule has 23 heavy (non-hydrogen) atoms. The van der Waals surface area contributed by atoms with Gasteiger partial charge in [0.2, 0.25) is 5.91 Å². The predicted octanol–water partition coefficient (Wildman–Crippen LogP) is 2.07. The molecular formula is C18H22N4O. The normalized spacial score (nSPS) is 15.3. The number of carbonyl (C=O) groups excluding carboxylic acids is 1. The van der Waals surface area contributed by atoms with Crippen LogP contribution in [0.4, 0.5) is 5.69 Å². The zero-order valence-electron chi connectivity index (χ0n) is 13.5. The highest BCUT2D eigenvalue weighted by molar-refractivity contribution is 5.78. The molecule has 1 amide bonds. The van der Waals surface area contributed by atoms with Gasteiger partial charge in [-0.05, 0) is 37.1 Å². The maximum atomic E-state index is 12.5. The Morgan fingerprint density at radius 3 is 2.83 bits per heavy atom. The number of aromatic nitrogens is 2. The lowest BCUT2D eigenvalue weighted by Gasteiger charge is -2.25. The van der Waals surface area contributed by atoms with Gasteiger partial charge >= 0.3 is 0 Å². The number of amides is 1. The van der Waals surface area contributed by atoms with Crippen LogP contribution in [0.5, 0.6) is 0 Å². The molecule has 0 aliphatic carbocycles. The van der Waals surface area contributed by atoms with E-state index < -0.39 is 0 Å². The van der Waals surface area contributed by atoms with E-state index in [0.29, 0.717) is 6.42 Å². The van der Waals surface area contributed by atoms with Crippen LogP contribution < -0.4 is 4.90 Å². The summed E-state index contributed by atoms with van der Waals surface area (Å²) in [5.41, 5.74) is 3.24. The van der Waals surface area contributed by atoms with Crippen molar-refractivity contribution in [2.45, 2.75) is 19.8 Å². The second-order valence-electron chi connectivity index (χ2n) is 5.88. The molecule has 1 saturated heterocycles. The van der Waals surface area contributed by atoms with Gasteiger partial charge in [-0.2, -0.15) is 0 Å². The Labute approximate surface area is 137 Å². The maximum Gasteiger partial charge on any atom is 0.228 e. The third kappa shape index (κ3) is 3.86. The molecule has 0 atom stereocenters. The Hall–Kier alpha value is -2.43. The highest BCUT2D eigenvalue weighted by Gasteiger charge is 2.20. The summed E-state index contributed by atoms with van der Waals surface area (Å²) in [5.74, 6) is 0.164. The summed E-state index contributed by atoms with van der Waals surface area (Å²) < 4.78 is 0. The average Bonchev–Trinajstić information content (AvgIpc) is 2.82. The van der Waals surface area contributed by atoms with Gasteiger partial charge in [-0.3, -0.25) is 14.8 Å². The number of hydrogen-bond donors (Lipinski definition) is 0.